The van der Waals surface area contributed by atoms with Crippen LogP contribution in [-0.2, 0) is 6.54 Å². The fourth-order valence-electron chi connectivity index (χ4n) is 2.90. The highest BCUT2D eigenvalue weighted by Crippen LogP contribution is 2.19. The molecule has 0 N–H and O–H groups in total. The van der Waals surface area contributed by atoms with E-state index in [-0.39, 0.29) is 12.5 Å². The summed E-state index contributed by atoms with van der Waals surface area (Å²) in [5.74, 6) is 0.838. The van der Waals surface area contributed by atoms with Crippen LogP contribution in [0.1, 0.15) is 32.9 Å². The summed E-state index contributed by atoms with van der Waals surface area (Å²) in [6, 6.07) is 13.8. The molecule has 3 aromatic rings. The van der Waals surface area contributed by atoms with Gasteiger partial charge in [-0.15, -0.1) is 6.58 Å². The minimum Gasteiger partial charge on any atom is -0.337 e. The van der Waals surface area contributed by atoms with Crippen molar-refractivity contribution in [2.24, 2.45) is 0 Å². The van der Waals surface area contributed by atoms with E-state index in [1.165, 1.54) is 0 Å². The lowest BCUT2D eigenvalue weighted by Gasteiger charge is -2.20. The number of amides is 1. The highest BCUT2D eigenvalue weighted by molar-refractivity contribution is 5.95. The maximum Gasteiger partial charge on any atom is 0.254 e. The molecule has 0 unspecified atom stereocenters. The number of carbonyl (C=O) groups excluding carboxylic acids is 1. The van der Waals surface area contributed by atoms with Crippen LogP contribution in [0, 0.1) is 20.8 Å². The third-order valence-electron chi connectivity index (χ3n) is 4.33. The van der Waals surface area contributed by atoms with Crippen molar-refractivity contribution < 1.29 is 9.32 Å². The minimum absolute atomic E-state index is 0.0774. The third kappa shape index (κ3) is 4.31. The molecule has 0 atom stereocenters. The summed E-state index contributed by atoms with van der Waals surface area (Å²) in [4.78, 5) is 19.1. The summed E-state index contributed by atoms with van der Waals surface area (Å²) < 4.78 is 5.39. The number of aryl methyl sites for hydroxylation is 3. The Morgan fingerprint density at radius 3 is 2.67 bits per heavy atom. The van der Waals surface area contributed by atoms with Crippen molar-refractivity contribution in [3.8, 4) is 11.4 Å². The molecule has 27 heavy (non-hydrogen) atoms. The SMILES string of the molecule is C=CCN(Cc1nc(-c2cccc(C)c2)no1)C(=O)c1cc(C)ccc1C. The van der Waals surface area contributed by atoms with Gasteiger partial charge in [-0.25, -0.2) is 0 Å². The number of carbonyl (C=O) groups is 1. The van der Waals surface area contributed by atoms with E-state index in [1.807, 2.05) is 63.2 Å². The molecule has 0 aliphatic carbocycles. The lowest BCUT2D eigenvalue weighted by atomic mass is 10.0. The van der Waals surface area contributed by atoms with Crippen LogP contribution in [0.2, 0.25) is 0 Å². The maximum atomic E-state index is 13.0. The van der Waals surface area contributed by atoms with Gasteiger partial charge in [0.1, 0.15) is 6.54 Å². The van der Waals surface area contributed by atoms with E-state index in [0.29, 0.717) is 23.8 Å². The van der Waals surface area contributed by atoms with Crippen molar-refractivity contribution in [1.82, 2.24) is 15.0 Å². The topological polar surface area (TPSA) is 59.2 Å². The quantitative estimate of drug-likeness (QED) is 0.607. The highest BCUT2D eigenvalue weighted by atomic mass is 16.5. The van der Waals surface area contributed by atoms with Crippen molar-refractivity contribution in [3.63, 3.8) is 0 Å². The monoisotopic (exact) mass is 361 g/mol. The van der Waals surface area contributed by atoms with Gasteiger partial charge >= 0.3 is 0 Å². The van der Waals surface area contributed by atoms with E-state index in [4.69, 9.17) is 4.52 Å². The maximum absolute atomic E-state index is 13.0. The van der Waals surface area contributed by atoms with Crippen LogP contribution >= 0.6 is 0 Å². The first-order chi connectivity index (χ1) is 13.0. The zero-order valence-corrected chi connectivity index (χ0v) is 15.9. The average Bonchev–Trinajstić information content (AvgIpc) is 3.11. The second kappa shape index (κ2) is 7.99. The second-order valence-electron chi connectivity index (χ2n) is 6.67. The Kier molecular flexibility index (Phi) is 5.50. The van der Waals surface area contributed by atoms with Crippen LogP contribution < -0.4 is 0 Å². The summed E-state index contributed by atoms with van der Waals surface area (Å²) in [6.45, 7) is 10.3. The van der Waals surface area contributed by atoms with Gasteiger partial charge in [0.05, 0.1) is 0 Å². The zero-order chi connectivity index (χ0) is 19.4. The predicted octanol–water partition coefficient (Wildman–Crippen LogP) is 4.49. The summed E-state index contributed by atoms with van der Waals surface area (Å²) in [6.07, 6.45) is 1.70. The molecule has 2 aromatic carbocycles. The zero-order valence-electron chi connectivity index (χ0n) is 15.9. The van der Waals surface area contributed by atoms with Gasteiger partial charge in [-0.2, -0.15) is 4.98 Å². The van der Waals surface area contributed by atoms with Gasteiger partial charge in [0.25, 0.3) is 5.91 Å². The molecule has 0 radical (unpaired) electrons. The van der Waals surface area contributed by atoms with E-state index in [1.54, 1.807) is 11.0 Å². The summed E-state index contributed by atoms with van der Waals surface area (Å²) in [5, 5.41) is 4.05. The van der Waals surface area contributed by atoms with E-state index in [0.717, 1.165) is 22.3 Å². The Labute approximate surface area is 159 Å². The highest BCUT2D eigenvalue weighted by Gasteiger charge is 2.20. The number of aromatic nitrogens is 2. The Balaban J connectivity index is 1.83. The first-order valence-electron chi connectivity index (χ1n) is 8.85. The van der Waals surface area contributed by atoms with Crippen molar-refractivity contribution in [2.45, 2.75) is 27.3 Å². The normalized spacial score (nSPS) is 10.6. The molecule has 0 saturated heterocycles. The van der Waals surface area contributed by atoms with Crippen LogP contribution in [-0.4, -0.2) is 27.5 Å². The first-order valence-corrected chi connectivity index (χ1v) is 8.85. The first kappa shape index (κ1) is 18.6. The Morgan fingerprint density at radius 2 is 1.93 bits per heavy atom. The Hall–Kier alpha value is -3.21. The van der Waals surface area contributed by atoms with Gasteiger partial charge < -0.3 is 9.42 Å². The molecule has 0 fully saturated rings. The summed E-state index contributed by atoms with van der Waals surface area (Å²) >= 11 is 0. The van der Waals surface area contributed by atoms with Crippen LogP contribution in [0.15, 0.2) is 59.6 Å². The van der Waals surface area contributed by atoms with E-state index in [9.17, 15) is 4.79 Å². The molecule has 1 amide bonds. The van der Waals surface area contributed by atoms with Crippen LogP contribution in [0.4, 0.5) is 0 Å². The van der Waals surface area contributed by atoms with Crippen molar-refractivity contribution in [3.05, 3.63) is 83.3 Å². The number of hydrogen-bond acceptors (Lipinski definition) is 4. The van der Waals surface area contributed by atoms with Gasteiger partial charge in [-0.1, -0.05) is 52.7 Å². The molecular formula is C22H23N3O2. The van der Waals surface area contributed by atoms with Crippen molar-refractivity contribution in [2.75, 3.05) is 6.54 Å². The molecule has 0 saturated carbocycles. The number of hydrogen-bond donors (Lipinski definition) is 0. The van der Waals surface area contributed by atoms with E-state index >= 15 is 0 Å². The number of nitrogens with zero attached hydrogens (tertiary/aromatic N) is 3. The van der Waals surface area contributed by atoms with Crippen LogP contribution in [0.25, 0.3) is 11.4 Å². The van der Waals surface area contributed by atoms with Gasteiger partial charge in [0, 0.05) is 17.7 Å². The number of benzene rings is 2. The number of rotatable bonds is 6. The fourth-order valence-corrected chi connectivity index (χ4v) is 2.90. The largest absolute Gasteiger partial charge is 0.337 e. The van der Waals surface area contributed by atoms with Crippen LogP contribution in [0.3, 0.4) is 0 Å². The molecule has 0 spiro atoms. The predicted molar refractivity (Wildman–Crippen MR) is 105 cm³/mol. The molecule has 138 valence electrons. The van der Waals surface area contributed by atoms with Crippen LogP contribution in [0.5, 0.6) is 0 Å². The molecule has 1 heterocycles. The smallest absolute Gasteiger partial charge is 0.254 e. The van der Waals surface area contributed by atoms with Gasteiger partial charge in [-0.3, -0.25) is 4.79 Å². The van der Waals surface area contributed by atoms with Crippen molar-refractivity contribution >= 4 is 5.91 Å². The second-order valence-corrected chi connectivity index (χ2v) is 6.67. The molecule has 5 heteroatoms. The van der Waals surface area contributed by atoms with E-state index in [2.05, 4.69) is 16.7 Å². The van der Waals surface area contributed by atoms with Crippen molar-refractivity contribution in [1.29, 1.82) is 0 Å². The molecule has 5 nitrogen and oxygen atoms in total. The third-order valence-corrected chi connectivity index (χ3v) is 4.33. The van der Waals surface area contributed by atoms with Gasteiger partial charge in [0.15, 0.2) is 0 Å². The summed E-state index contributed by atoms with van der Waals surface area (Å²) in [5.41, 5.74) is 4.67. The van der Waals surface area contributed by atoms with Gasteiger partial charge in [0.2, 0.25) is 11.7 Å². The lowest BCUT2D eigenvalue weighted by Crippen LogP contribution is -2.31. The molecule has 0 aliphatic rings. The molecule has 0 bridgehead atoms. The average molecular weight is 361 g/mol. The molecule has 0 aliphatic heterocycles. The molecule has 1 aromatic heterocycles. The lowest BCUT2D eigenvalue weighted by molar-refractivity contribution is 0.0744. The Morgan fingerprint density at radius 1 is 1.15 bits per heavy atom. The molecule has 3 rings (SSSR count). The summed E-state index contributed by atoms with van der Waals surface area (Å²) in [7, 11) is 0. The Bertz CT molecular complexity index is 975. The minimum atomic E-state index is -0.0774. The van der Waals surface area contributed by atoms with E-state index < -0.39 is 0 Å². The molecular weight excluding hydrogens is 338 g/mol. The van der Waals surface area contributed by atoms with Gasteiger partial charge in [-0.05, 0) is 38.5 Å². The standard InChI is InChI=1S/C22H23N3O2/c1-5-11-25(22(26)19-13-16(3)9-10-17(19)4)14-20-23-21(24-27-20)18-8-6-7-15(2)12-18/h5-10,12-13H,1,11,14H2,2-4H3. The fraction of sp³-hybridized carbons (Fsp3) is 0.227.